The van der Waals surface area contributed by atoms with Gasteiger partial charge in [0.05, 0.1) is 13.0 Å². The Labute approximate surface area is 82.9 Å². The molecule has 2 rings (SSSR count). The van der Waals surface area contributed by atoms with Crippen molar-refractivity contribution in [3.63, 3.8) is 0 Å². The molecule has 70 valence electrons. The Bertz CT molecular complexity index is 410. The minimum atomic E-state index is 0.299. The van der Waals surface area contributed by atoms with Crippen molar-refractivity contribution in [3.8, 4) is 17.6 Å². The van der Waals surface area contributed by atoms with Crippen LogP contribution in [0.4, 0.5) is 0 Å². The van der Waals surface area contributed by atoms with Gasteiger partial charge < -0.3 is 9.53 Å². The molecule has 1 aromatic rings. The second-order valence-corrected chi connectivity index (χ2v) is 3.09. The highest BCUT2D eigenvalue weighted by Crippen LogP contribution is 2.25. The highest BCUT2D eigenvalue weighted by Gasteiger charge is 2.10. The van der Waals surface area contributed by atoms with Crippen molar-refractivity contribution in [2.75, 3.05) is 6.61 Å². The van der Waals surface area contributed by atoms with Gasteiger partial charge in [0.25, 0.3) is 0 Å². The summed E-state index contributed by atoms with van der Waals surface area (Å²) in [4.78, 5) is 10.1. The molecule has 14 heavy (non-hydrogen) atoms. The predicted molar refractivity (Wildman–Crippen MR) is 53.2 cm³/mol. The monoisotopic (exact) mass is 186 g/mol. The molecule has 2 heteroatoms. The Morgan fingerprint density at radius 1 is 1.50 bits per heavy atom. The third-order valence-corrected chi connectivity index (χ3v) is 2.11. The van der Waals surface area contributed by atoms with Crippen molar-refractivity contribution >= 4 is 6.29 Å². The van der Waals surface area contributed by atoms with E-state index >= 15 is 0 Å². The van der Waals surface area contributed by atoms with Gasteiger partial charge in [-0.15, -0.1) is 0 Å². The van der Waals surface area contributed by atoms with E-state index in [0.717, 1.165) is 30.6 Å². The lowest BCUT2D eigenvalue weighted by atomic mass is 10.1. The standard InChI is InChI=1S/C12H10O2/c13-7-2-1-3-10-4-5-12-11(9-10)6-8-14-12/h4-5,7,9H,2,6,8H2. The number of fused-ring (bicyclic) bond motifs is 1. The van der Waals surface area contributed by atoms with Gasteiger partial charge in [-0.05, 0) is 23.8 Å². The highest BCUT2D eigenvalue weighted by atomic mass is 16.5. The van der Waals surface area contributed by atoms with E-state index in [-0.39, 0.29) is 0 Å². The topological polar surface area (TPSA) is 26.3 Å². The quantitative estimate of drug-likeness (QED) is 0.491. The summed E-state index contributed by atoms with van der Waals surface area (Å²) in [7, 11) is 0. The van der Waals surface area contributed by atoms with Crippen LogP contribution in [0.5, 0.6) is 5.75 Å². The first-order chi connectivity index (χ1) is 6.90. The average Bonchev–Trinajstić information content (AvgIpc) is 2.65. The van der Waals surface area contributed by atoms with Crippen LogP contribution in [0.2, 0.25) is 0 Å². The zero-order valence-electron chi connectivity index (χ0n) is 7.75. The van der Waals surface area contributed by atoms with Gasteiger partial charge in [-0.2, -0.15) is 0 Å². The Kier molecular flexibility index (Phi) is 2.51. The van der Waals surface area contributed by atoms with Crippen LogP contribution in [0.15, 0.2) is 18.2 Å². The molecule has 0 fully saturated rings. The molecule has 0 aliphatic carbocycles. The largest absolute Gasteiger partial charge is 0.493 e. The zero-order chi connectivity index (χ0) is 9.80. The zero-order valence-corrected chi connectivity index (χ0v) is 7.75. The molecule has 1 aliphatic rings. The fourth-order valence-corrected chi connectivity index (χ4v) is 1.46. The van der Waals surface area contributed by atoms with Gasteiger partial charge >= 0.3 is 0 Å². The van der Waals surface area contributed by atoms with E-state index in [1.165, 1.54) is 5.56 Å². The predicted octanol–water partition coefficient (Wildman–Crippen LogP) is 1.56. The molecular formula is C12H10O2. The molecule has 0 saturated heterocycles. The van der Waals surface area contributed by atoms with E-state index < -0.39 is 0 Å². The number of carbonyl (C=O) groups is 1. The number of aldehydes is 1. The number of hydrogen-bond acceptors (Lipinski definition) is 2. The van der Waals surface area contributed by atoms with E-state index in [1.807, 2.05) is 18.2 Å². The molecule has 2 nitrogen and oxygen atoms in total. The van der Waals surface area contributed by atoms with Crippen molar-refractivity contribution in [3.05, 3.63) is 29.3 Å². The number of rotatable bonds is 1. The summed E-state index contributed by atoms with van der Waals surface area (Å²) in [6, 6.07) is 5.88. The maximum atomic E-state index is 10.1. The van der Waals surface area contributed by atoms with Gasteiger partial charge in [0.15, 0.2) is 0 Å². The molecule has 1 aliphatic heterocycles. The van der Waals surface area contributed by atoms with Crippen molar-refractivity contribution in [1.82, 2.24) is 0 Å². The van der Waals surface area contributed by atoms with E-state index in [4.69, 9.17) is 4.74 Å². The molecule has 0 unspecified atom stereocenters. The molecule has 0 saturated carbocycles. The molecule has 0 N–H and O–H groups in total. The first kappa shape index (κ1) is 8.83. The van der Waals surface area contributed by atoms with Gasteiger partial charge in [-0.3, -0.25) is 0 Å². The van der Waals surface area contributed by atoms with E-state index in [1.54, 1.807) is 0 Å². The summed E-state index contributed by atoms with van der Waals surface area (Å²) < 4.78 is 5.37. The summed E-state index contributed by atoms with van der Waals surface area (Å²) in [5.74, 6) is 6.69. The number of benzene rings is 1. The van der Waals surface area contributed by atoms with Crippen LogP contribution < -0.4 is 4.74 Å². The van der Waals surface area contributed by atoms with Gasteiger partial charge in [-0.25, -0.2) is 0 Å². The third kappa shape index (κ3) is 1.77. The smallest absolute Gasteiger partial charge is 0.131 e. The average molecular weight is 186 g/mol. The maximum absolute atomic E-state index is 10.1. The summed E-state index contributed by atoms with van der Waals surface area (Å²) in [6.07, 6.45) is 2.07. The molecule has 0 bridgehead atoms. The lowest BCUT2D eigenvalue weighted by molar-refractivity contribution is -0.107. The molecule has 0 radical (unpaired) electrons. The number of ether oxygens (including phenoxy) is 1. The SMILES string of the molecule is O=CCC#Cc1ccc2c(c1)CCO2. The second-order valence-electron chi connectivity index (χ2n) is 3.09. The minimum Gasteiger partial charge on any atom is -0.493 e. The van der Waals surface area contributed by atoms with Crippen LogP contribution in [0, 0.1) is 11.8 Å². The van der Waals surface area contributed by atoms with E-state index in [9.17, 15) is 4.79 Å². The van der Waals surface area contributed by atoms with E-state index in [0.29, 0.717) is 6.42 Å². The Morgan fingerprint density at radius 2 is 2.43 bits per heavy atom. The minimum absolute atomic E-state index is 0.299. The molecule has 0 amide bonds. The third-order valence-electron chi connectivity index (χ3n) is 2.11. The Morgan fingerprint density at radius 3 is 3.29 bits per heavy atom. The lowest BCUT2D eigenvalue weighted by Crippen LogP contribution is -1.85. The summed E-state index contributed by atoms with van der Waals surface area (Å²) >= 11 is 0. The van der Waals surface area contributed by atoms with Gasteiger partial charge in [0.2, 0.25) is 0 Å². The van der Waals surface area contributed by atoms with Crippen molar-refractivity contribution in [2.24, 2.45) is 0 Å². The number of hydrogen-bond donors (Lipinski definition) is 0. The highest BCUT2D eigenvalue weighted by molar-refractivity contribution is 5.55. The van der Waals surface area contributed by atoms with Crippen molar-refractivity contribution in [2.45, 2.75) is 12.8 Å². The van der Waals surface area contributed by atoms with Crippen molar-refractivity contribution in [1.29, 1.82) is 0 Å². The summed E-state index contributed by atoms with van der Waals surface area (Å²) in [5.41, 5.74) is 2.17. The summed E-state index contributed by atoms with van der Waals surface area (Å²) in [5, 5.41) is 0. The molecular weight excluding hydrogens is 176 g/mol. The van der Waals surface area contributed by atoms with Crippen LogP contribution in [-0.4, -0.2) is 12.9 Å². The Hall–Kier alpha value is -1.75. The molecule has 1 aromatic carbocycles. The summed E-state index contributed by atoms with van der Waals surface area (Å²) in [6.45, 7) is 0.764. The van der Waals surface area contributed by atoms with Crippen LogP contribution in [0.1, 0.15) is 17.5 Å². The van der Waals surface area contributed by atoms with Crippen molar-refractivity contribution < 1.29 is 9.53 Å². The normalized spacial score (nSPS) is 12.3. The van der Waals surface area contributed by atoms with Crippen LogP contribution >= 0.6 is 0 Å². The van der Waals surface area contributed by atoms with Gasteiger partial charge in [-0.1, -0.05) is 11.8 Å². The molecule has 0 spiro atoms. The maximum Gasteiger partial charge on any atom is 0.131 e. The second kappa shape index (κ2) is 3.97. The molecule has 0 atom stereocenters. The lowest BCUT2D eigenvalue weighted by Gasteiger charge is -1.97. The van der Waals surface area contributed by atoms with Crippen LogP contribution in [0.3, 0.4) is 0 Å². The van der Waals surface area contributed by atoms with Gasteiger partial charge in [0, 0.05) is 12.0 Å². The molecule has 0 aromatic heterocycles. The first-order valence-corrected chi connectivity index (χ1v) is 4.58. The molecule has 1 heterocycles. The number of carbonyl (C=O) groups excluding carboxylic acids is 1. The first-order valence-electron chi connectivity index (χ1n) is 4.58. The van der Waals surface area contributed by atoms with Crippen LogP contribution in [0.25, 0.3) is 0 Å². The fourth-order valence-electron chi connectivity index (χ4n) is 1.46. The van der Waals surface area contributed by atoms with E-state index in [2.05, 4.69) is 11.8 Å². The fraction of sp³-hybridized carbons (Fsp3) is 0.250. The van der Waals surface area contributed by atoms with Gasteiger partial charge in [0.1, 0.15) is 12.0 Å². The van der Waals surface area contributed by atoms with Crippen LogP contribution in [-0.2, 0) is 11.2 Å². The Balaban J connectivity index is 2.21.